The molecule has 11 heteroatoms. The van der Waals surface area contributed by atoms with Gasteiger partial charge in [-0.1, -0.05) is 59.2 Å². The predicted molar refractivity (Wildman–Crippen MR) is 157 cm³/mol. The fourth-order valence-electron chi connectivity index (χ4n) is 4.67. The van der Waals surface area contributed by atoms with Gasteiger partial charge in [0.15, 0.2) is 0 Å². The number of β-amino-alcohol motifs (C(OH)–C–C–N with tert-alkyl or cyclic N) is 1. The van der Waals surface area contributed by atoms with Crippen LogP contribution in [-0.4, -0.2) is 71.9 Å². The van der Waals surface area contributed by atoms with E-state index in [1.165, 1.54) is 42.1 Å². The third-order valence-electron chi connectivity index (χ3n) is 6.84. The second-order valence-electron chi connectivity index (χ2n) is 9.55. The van der Waals surface area contributed by atoms with Gasteiger partial charge in [0.2, 0.25) is 0 Å². The van der Waals surface area contributed by atoms with Crippen LogP contribution in [0.4, 0.5) is 13.2 Å². The number of carboxylic acids is 1. The fourth-order valence-corrected chi connectivity index (χ4v) is 6.05. The maximum Gasteiger partial charge on any atom is 0.416 e. The number of hydrogen-bond acceptors (Lipinski definition) is 5. The molecule has 3 aromatic rings. The summed E-state index contributed by atoms with van der Waals surface area (Å²) in [5.41, 5.74) is 2.10. The molecular formula is C30H29Cl2F3N2O3S. The molecule has 0 radical (unpaired) electrons. The number of aliphatic hydroxyl groups excluding tert-OH is 1. The summed E-state index contributed by atoms with van der Waals surface area (Å²) < 4.78 is 39.9. The lowest BCUT2D eigenvalue weighted by Gasteiger charge is -2.34. The molecule has 2 N–H and O–H groups in total. The first kappa shape index (κ1) is 31.4. The molecule has 0 spiro atoms. The van der Waals surface area contributed by atoms with Gasteiger partial charge in [0.25, 0.3) is 0 Å². The molecule has 2 aliphatic heterocycles. The van der Waals surface area contributed by atoms with Crippen molar-refractivity contribution in [2.75, 3.05) is 45.9 Å². The Kier molecular flexibility index (Phi) is 10.8. The van der Waals surface area contributed by atoms with Gasteiger partial charge < -0.3 is 15.1 Å². The zero-order valence-corrected chi connectivity index (χ0v) is 24.3. The summed E-state index contributed by atoms with van der Waals surface area (Å²) in [5, 5.41) is 18.2. The SMILES string of the molecule is O=C(O)c1ccc(Cl)c(Cl)c1.OCCN1CCN(CCC=C2c3ccccc3Sc3ccc(C(F)(F)F)cc32)CC1. The van der Waals surface area contributed by atoms with Crippen LogP contribution in [0.3, 0.4) is 0 Å². The quantitative estimate of drug-likeness (QED) is 0.235. The molecule has 2 aliphatic rings. The first-order valence-corrected chi connectivity index (χ1v) is 14.6. The number of rotatable bonds is 6. The third kappa shape index (κ3) is 8.28. The molecule has 0 bridgehead atoms. The number of benzene rings is 3. The first-order chi connectivity index (χ1) is 19.6. The summed E-state index contributed by atoms with van der Waals surface area (Å²) in [6, 6.07) is 16.1. The van der Waals surface area contributed by atoms with Crippen molar-refractivity contribution in [3.05, 3.63) is 99.0 Å². The lowest BCUT2D eigenvalue weighted by atomic mass is 9.94. The Balaban J connectivity index is 0.000000296. The Labute approximate surface area is 251 Å². The van der Waals surface area contributed by atoms with Crippen LogP contribution in [0.5, 0.6) is 0 Å². The normalized spacial score (nSPS) is 16.5. The zero-order chi connectivity index (χ0) is 29.6. The van der Waals surface area contributed by atoms with Crippen molar-refractivity contribution in [3.8, 4) is 0 Å². The minimum absolute atomic E-state index is 0.138. The van der Waals surface area contributed by atoms with Gasteiger partial charge in [-0.3, -0.25) is 4.90 Å². The Morgan fingerprint density at radius 2 is 1.54 bits per heavy atom. The molecule has 0 saturated carbocycles. The van der Waals surface area contributed by atoms with E-state index in [0.29, 0.717) is 17.1 Å². The predicted octanol–water partition coefficient (Wildman–Crippen LogP) is 7.29. The van der Waals surface area contributed by atoms with Crippen molar-refractivity contribution in [2.45, 2.75) is 22.4 Å². The van der Waals surface area contributed by atoms with Crippen LogP contribution in [0.2, 0.25) is 10.0 Å². The van der Waals surface area contributed by atoms with Crippen molar-refractivity contribution >= 4 is 46.5 Å². The van der Waals surface area contributed by atoms with Crippen LogP contribution in [0.25, 0.3) is 5.57 Å². The maximum atomic E-state index is 13.3. The number of halogens is 5. The highest BCUT2D eigenvalue weighted by molar-refractivity contribution is 7.99. The van der Waals surface area contributed by atoms with E-state index in [2.05, 4.69) is 15.9 Å². The van der Waals surface area contributed by atoms with Gasteiger partial charge in [-0.25, -0.2) is 4.79 Å². The summed E-state index contributed by atoms with van der Waals surface area (Å²) in [4.78, 5) is 16.9. The summed E-state index contributed by atoms with van der Waals surface area (Å²) in [6.07, 6.45) is -1.47. The standard InChI is InChI=1S/C23H25F3N2OS.C7H4Cl2O2/c24-23(25,26)17-7-8-22-20(16-17)18(19-4-1-2-6-21(19)30-22)5-3-9-27-10-12-28(13-11-27)14-15-29;8-5-2-1-4(7(10)11)3-6(5)9/h1-2,4-8,16,29H,3,9-15H2;1-3H,(H,10,11). The van der Waals surface area contributed by atoms with Crippen LogP contribution >= 0.6 is 35.0 Å². The number of piperazine rings is 1. The summed E-state index contributed by atoms with van der Waals surface area (Å²) >= 11 is 12.7. The fraction of sp³-hybridized carbons (Fsp3) is 0.300. The molecule has 1 fully saturated rings. The molecule has 1 saturated heterocycles. The van der Waals surface area contributed by atoms with E-state index in [1.807, 2.05) is 24.3 Å². The van der Waals surface area contributed by atoms with E-state index in [9.17, 15) is 18.0 Å². The molecule has 0 amide bonds. The van der Waals surface area contributed by atoms with Crippen LogP contribution in [0, 0.1) is 0 Å². The second kappa shape index (κ2) is 14.1. The number of carbonyl (C=O) groups is 1. The molecule has 3 aromatic carbocycles. The van der Waals surface area contributed by atoms with Crippen molar-refractivity contribution < 1.29 is 28.2 Å². The number of aromatic carboxylic acids is 1. The average molecular weight is 626 g/mol. The molecule has 2 heterocycles. The smallest absolute Gasteiger partial charge is 0.416 e. The lowest BCUT2D eigenvalue weighted by Crippen LogP contribution is -2.47. The average Bonchev–Trinajstić information content (AvgIpc) is 2.94. The van der Waals surface area contributed by atoms with Crippen LogP contribution in [0.1, 0.15) is 33.5 Å². The number of hydrogen-bond donors (Lipinski definition) is 2. The minimum atomic E-state index is -4.35. The van der Waals surface area contributed by atoms with Gasteiger partial charge in [-0.2, -0.15) is 13.2 Å². The van der Waals surface area contributed by atoms with Crippen molar-refractivity contribution in [1.29, 1.82) is 0 Å². The van der Waals surface area contributed by atoms with Crippen molar-refractivity contribution in [2.24, 2.45) is 0 Å². The van der Waals surface area contributed by atoms with Crippen molar-refractivity contribution in [3.63, 3.8) is 0 Å². The number of carboxylic acid groups (broad SMARTS) is 1. The van der Waals surface area contributed by atoms with E-state index in [4.69, 9.17) is 33.4 Å². The topological polar surface area (TPSA) is 64.0 Å². The molecule has 5 rings (SSSR count). The molecular weight excluding hydrogens is 596 g/mol. The second-order valence-corrected chi connectivity index (χ2v) is 11.5. The van der Waals surface area contributed by atoms with Gasteiger partial charge in [0.05, 0.1) is 27.8 Å². The lowest BCUT2D eigenvalue weighted by molar-refractivity contribution is -0.137. The summed E-state index contributed by atoms with van der Waals surface area (Å²) in [7, 11) is 0. The summed E-state index contributed by atoms with van der Waals surface area (Å²) in [5.74, 6) is -1.01. The van der Waals surface area contributed by atoms with E-state index < -0.39 is 17.7 Å². The summed E-state index contributed by atoms with van der Waals surface area (Å²) in [6.45, 7) is 5.55. The van der Waals surface area contributed by atoms with E-state index >= 15 is 0 Å². The van der Waals surface area contributed by atoms with E-state index in [0.717, 1.165) is 60.1 Å². The van der Waals surface area contributed by atoms with E-state index in [-0.39, 0.29) is 17.2 Å². The number of fused-ring (bicyclic) bond motifs is 2. The Morgan fingerprint density at radius 1 is 0.878 bits per heavy atom. The molecule has 41 heavy (non-hydrogen) atoms. The van der Waals surface area contributed by atoms with Gasteiger partial charge in [0.1, 0.15) is 0 Å². The molecule has 218 valence electrons. The van der Waals surface area contributed by atoms with Gasteiger partial charge >= 0.3 is 12.1 Å². The van der Waals surface area contributed by atoms with E-state index in [1.54, 1.807) is 6.07 Å². The van der Waals surface area contributed by atoms with Gasteiger partial charge in [0, 0.05) is 49.1 Å². The molecule has 0 aromatic heterocycles. The monoisotopic (exact) mass is 624 g/mol. The highest BCUT2D eigenvalue weighted by atomic mass is 35.5. The van der Waals surface area contributed by atoms with Crippen molar-refractivity contribution in [1.82, 2.24) is 9.80 Å². The Hall–Kier alpha value is -2.53. The third-order valence-corrected chi connectivity index (χ3v) is 8.73. The molecule has 0 unspecified atom stereocenters. The molecule has 5 nitrogen and oxygen atoms in total. The first-order valence-electron chi connectivity index (χ1n) is 13.0. The Morgan fingerprint density at radius 3 is 2.17 bits per heavy atom. The zero-order valence-electron chi connectivity index (χ0n) is 22.0. The minimum Gasteiger partial charge on any atom is -0.478 e. The number of aliphatic hydroxyl groups is 1. The number of alkyl halides is 3. The molecule has 0 aliphatic carbocycles. The molecule has 0 atom stereocenters. The van der Waals surface area contributed by atoms with Crippen LogP contribution in [0.15, 0.2) is 76.5 Å². The highest BCUT2D eigenvalue weighted by Gasteiger charge is 2.32. The largest absolute Gasteiger partial charge is 0.478 e. The highest BCUT2D eigenvalue weighted by Crippen LogP contribution is 2.47. The Bertz CT molecular complexity index is 1410. The number of nitrogens with zero attached hydrogens (tertiary/aromatic N) is 2. The van der Waals surface area contributed by atoms with Crippen LogP contribution in [-0.2, 0) is 6.18 Å². The van der Waals surface area contributed by atoms with Crippen LogP contribution < -0.4 is 0 Å². The van der Waals surface area contributed by atoms with Gasteiger partial charge in [-0.15, -0.1) is 0 Å². The van der Waals surface area contributed by atoms with Gasteiger partial charge in [-0.05, 0) is 65.6 Å². The maximum absolute atomic E-state index is 13.3.